The van der Waals surface area contributed by atoms with E-state index in [9.17, 15) is 0 Å². The van der Waals surface area contributed by atoms with Crippen molar-refractivity contribution in [3.05, 3.63) is 24.3 Å². The largest absolute Gasteiger partial charge is 0.302 e. The number of hydrogen-bond donors (Lipinski definition) is 1. The zero-order chi connectivity index (χ0) is 14.6. The molecule has 0 saturated carbocycles. The van der Waals surface area contributed by atoms with Crippen molar-refractivity contribution in [3.8, 4) is 0 Å². The zero-order valence-corrected chi connectivity index (χ0v) is 13.3. The van der Waals surface area contributed by atoms with Crippen LogP contribution in [-0.4, -0.2) is 16.8 Å². The molecule has 0 spiro atoms. The Morgan fingerprint density at radius 1 is 1.21 bits per heavy atom. The molecule has 0 aliphatic heterocycles. The molecule has 0 saturated heterocycles. The van der Waals surface area contributed by atoms with E-state index >= 15 is 0 Å². The monoisotopic (exact) mass is 265 g/mol. The maximum atomic E-state index is 4.79. The third-order valence-electron chi connectivity index (χ3n) is 3.14. The van der Waals surface area contributed by atoms with Gasteiger partial charge in [-0.3, -0.25) is 5.43 Å². The summed E-state index contributed by atoms with van der Waals surface area (Å²) in [5.41, 5.74) is 3.27. The van der Waals surface area contributed by atoms with Gasteiger partial charge in [-0.1, -0.05) is 34.3 Å². The Hall–Kier alpha value is -1.32. The van der Waals surface area contributed by atoms with E-state index in [1.54, 1.807) is 0 Å². The molecule has 0 aliphatic rings. The van der Waals surface area contributed by atoms with E-state index in [-0.39, 0.29) is 6.04 Å². The standard InChI is InChI=1S/C15H29N4/c1-8-13(6)18-15(10-12(4)5)19(16-7)14(17-18)9-11(2)3/h8,11-13,16H,1,9-10H2,2-7H3/q+1. The minimum atomic E-state index is 0.217. The quantitative estimate of drug-likeness (QED) is 0.607. The van der Waals surface area contributed by atoms with Crippen molar-refractivity contribution < 1.29 is 4.68 Å². The minimum absolute atomic E-state index is 0.217. The SMILES string of the molecule is C=CC(C)[n+]1nc(CC(C)C)n(NC)c1CC(C)C. The van der Waals surface area contributed by atoms with Gasteiger partial charge in [-0.15, -0.1) is 9.36 Å². The first-order valence-corrected chi connectivity index (χ1v) is 7.23. The Kier molecular flexibility index (Phi) is 5.58. The maximum Gasteiger partial charge on any atom is 0.302 e. The molecule has 1 unspecified atom stereocenters. The Labute approximate surface area is 117 Å². The summed E-state index contributed by atoms with van der Waals surface area (Å²) in [6.07, 6.45) is 3.92. The Bertz CT molecular complexity index is 418. The van der Waals surface area contributed by atoms with Gasteiger partial charge in [0.1, 0.15) is 6.04 Å². The molecule has 0 radical (unpaired) electrons. The van der Waals surface area contributed by atoms with Crippen LogP contribution in [0.25, 0.3) is 0 Å². The second kappa shape index (κ2) is 6.73. The Morgan fingerprint density at radius 3 is 2.21 bits per heavy atom. The highest BCUT2D eigenvalue weighted by atomic mass is 15.5. The van der Waals surface area contributed by atoms with E-state index in [0.717, 1.165) is 18.7 Å². The normalized spacial score (nSPS) is 13.1. The van der Waals surface area contributed by atoms with Crippen LogP contribution in [0.4, 0.5) is 0 Å². The smallest absolute Gasteiger partial charge is 0.257 e. The van der Waals surface area contributed by atoms with Crippen LogP contribution in [0.2, 0.25) is 0 Å². The van der Waals surface area contributed by atoms with Crippen molar-refractivity contribution in [2.45, 2.75) is 53.5 Å². The average molecular weight is 265 g/mol. The molecule has 4 heteroatoms. The van der Waals surface area contributed by atoms with Crippen LogP contribution in [0.3, 0.4) is 0 Å². The summed E-state index contributed by atoms with van der Waals surface area (Å²) in [7, 11) is 1.96. The molecule has 4 nitrogen and oxygen atoms in total. The molecule has 0 fully saturated rings. The number of aromatic nitrogens is 3. The number of nitrogens with zero attached hydrogens (tertiary/aromatic N) is 3. The summed E-state index contributed by atoms with van der Waals surface area (Å²) < 4.78 is 4.24. The van der Waals surface area contributed by atoms with Gasteiger partial charge in [0.05, 0.1) is 6.42 Å². The van der Waals surface area contributed by atoms with Gasteiger partial charge in [0, 0.05) is 13.5 Å². The molecular formula is C15H29N4+. The van der Waals surface area contributed by atoms with Crippen LogP contribution in [0.5, 0.6) is 0 Å². The first kappa shape index (κ1) is 15.7. The molecule has 108 valence electrons. The molecule has 0 bridgehead atoms. The second-order valence-corrected chi connectivity index (χ2v) is 6.01. The molecule has 0 aliphatic carbocycles. The van der Waals surface area contributed by atoms with Gasteiger partial charge >= 0.3 is 5.82 Å². The molecule has 0 aromatic carbocycles. The van der Waals surface area contributed by atoms with Gasteiger partial charge in [-0.2, -0.15) is 0 Å². The summed E-state index contributed by atoms with van der Waals surface area (Å²) in [4.78, 5) is 0. The highest BCUT2D eigenvalue weighted by Gasteiger charge is 2.28. The molecule has 1 rings (SSSR count). The molecule has 19 heavy (non-hydrogen) atoms. The fourth-order valence-electron chi connectivity index (χ4n) is 2.21. The summed E-state index contributed by atoms with van der Waals surface area (Å²) in [5, 5.41) is 4.79. The van der Waals surface area contributed by atoms with Crippen LogP contribution in [0.15, 0.2) is 12.7 Å². The van der Waals surface area contributed by atoms with E-state index < -0.39 is 0 Å². The van der Waals surface area contributed by atoms with Crippen molar-refractivity contribution in [3.63, 3.8) is 0 Å². The van der Waals surface area contributed by atoms with Crippen molar-refractivity contribution >= 4 is 0 Å². The molecule has 1 N–H and O–H groups in total. The lowest BCUT2D eigenvalue weighted by Crippen LogP contribution is -2.44. The van der Waals surface area contributed by atoms with E-state index in [4.69, 9.17) is 5.10 Å². The molecule has 1 heterocycles. The first-order chi connectivity index (χ1) is 8.90. The summed E-state index contributed by atoms with van der Waals surface area (Å²) in [6.45, 7) is 14.9. The Balaban J connectivity index is 3.27. The predicted octanol–water partition coefficient (Wildman–Crippen LogP) is 2.49. The van der Waals surface area contributed by atoms with E-state index in [0.29, 0.717) is 11.8 Å². The van der Waals surface area contributed by atoms with Gasteiger partial charge in [-0.25, -0.2) is 0 Å². The second-order valence-electron chi connectivity index (χ2n) is 6.01. The fraction of sp³-hybridized carbons (Fsp3) is 0.733. The highest BCUT2D eigenvalue weighted by molar-refractivity contribution is 4.96. The van der Waals surface area contributed by atoms with E-state index in [1.807, 2.05) is 13.1 Å². The van der Waals surface area contributed by atoms with Crippen LogP contribution >= 0.6 is 0 Å². The van der Waals surface area contributed by atoms with Crippen molar-refractivity contribution in [1.82, 2.24) is 9.77 Å². The highest BCUT2D eigenvalue weighted by Crippen LogP contribution is 2.11. The van der Waals surface area contributed by atoms with Crippen molar-refractivity contribution in [2.75, 3.05) is 12.5 Å². The molecule has 1 aromatic heterocycles. The molecule has 1 aromatic rings. The lowest BCUT2D eigenvalue weighted by molar-refractivity contribution is -0.769. The number of nitrogens with one attached hydrogen (secondary N) is 1. The molecule has 1 atom stereocenters. The predicted molar refractivity (Wildman–Crippen MR) is 79.7 cm³/mol. The van der Waals surface area contributed by atoms with Crippen LogP contribution < -0.4 is 10.1 Å². The van der Waals surface area contributed by atoms with Gasteiger partial charge in [-0.05, 0) is 29.9 Å². The summed E-state index contributed by atoms with van der Waals surface area (Å²) >= 11 is 0. The lowest BCUT2D eigenvalue weighted by Gasteiger charge is -2.07. The van der Waals surface area contributed by atoms with E-state index in [2.05, 4.69) is 56.0 Å². The van der Waals surface area contributed by atoms with Crippen LogP contribution in [0, 0.1) is 11.8 Å². The Morgan fingerprint density at radius 2 is 1.79 bits per heavy atom. The third kappa shape index (κ3) is 3.82. The van der Waals surface area contributed by atoms with Crippen molar-refractivity contribution in [1.29, 1.82) is 0 Å². The average Bonchev–Trinajstić information content (AvgIpc) is 2.64. The van der Waals surface area contributed by atoms with Crippen LogP contribution in [-0.2, 0) is 12.8 Å². The van der Waals surface area contributed by atoms with Gasteiger partial charge in [0.15, 0.2) is 0 Å². The van der Waals surface area contributed by atoms with E-state index in [1.165, 1.54) is 5.82 Å². The lowest BCUT2D eigenvalue weighted by atomic mass is 10.1. The number of hydrogen-bond acceptors (Lipinski definition) is 2. The number of allylic oxidation sites excluding steroid dienone is 1. The third-order valence-corrected chi connectivity index (χ3v) is 3.14. The first-order valence-electron chi connectivity index (χ1n) is 7.23. The fourth-order valence-corrected chi connectivity index (χ4v) is 2.21. The van der Waals surface area contributed by atoms with Crippen LogP contribution in [0.1, 0.15) is 52.3 Å². The van der Waals surface area contributed by atoms with Gasteiger partial charge in [0.2, 0.25) is 0 Å². The zero-order valence-electron chi connectivity index (χ0n) is 13.3. The summed E-state index contributed by atoms with van der Waals surface area (Å²) in [5.74, 6) is 3.51. The summed E-state index contributed by atoms with van der Waals surface area (Å²) in [6, 6.07) is 0.217. The number of rotatable bonds is 7. The molecule has 0 amide bonds. The van der Waals surface area contributed by atoms with Crippen molar-refractivity contribution in [2.24, 2.45) is 11.8 Å². The van der Waals surface area contributed by atoms with Gasteiger partial charge < -0.3 is 0 Å². The topological polar surface area (TPSA) is 33.7 Å². The minimum Gasteiger partial charge on any atom is -0.257 e. The molecular weight excluding hydrogens is 236 g/mol. The van der Waals surface area contributed by atoms with Gasteiger partial charge in [0.25, 0.3) is 5.82 Å². The maximum absolute atomic E-state index is 4.79.